The van der Waals surface area contributed by atoms with Crippen molar-refractivity contribution < 1.29 is 19.1 Å². The molecule has 0 heterocycles. The smallest absolute Gasteiger partial charge is 0.335 e. The zero-order valence-corrected chi connectivity index (χ0v) is 10.8. The molecule has 0 saturated heterocycles. The molecule has 0 aromatic heterocycles. The van der Waals surface area contributed by atoms with Crippen molar-refractivity contribution in [2.24, 2.45) is 0 Å². The quantitative estimate of drug-likeness (QED) is 0.911. The minimum absolute atomic E-state index is 0.118. The summed E-state index contributed by atoms with van der Waals surface area (Å²) in [5.41, 5.74) is -0.0692. The summed E-state index contributed by atoms with van der Waals surface area (Å²) in [7, 11) is 0. The molecular formula is C14H9ClFNO3. The molecule has 0 aliphatic carbocycles. The second-order valence-electron chi connectivity index (χ2n) is 3.96. The molecule has 2 rings (SSSR count). The van der Waals surface area contributed by atoms with Crippen molar-refractivity contribution in [2.45, 2.75) is 0 Å². The van der Waals surface area contributed by atoms with E-state index >= 15 is 0 Å². The third kappa shape index (κ3) is 3.13. The molecule has 20 heavy (non-hydrogen) atoms. The number of nitrogens with one attached hydrogen (secondary N) is 1. The highest BCUT2D eigenvalue weighted by atomic mass is 35.5. The summed E-state index contributed by atoms with van der Waals surface area (Å²) in [6, 6.07) is 9.28. The summed E-state index contributed by atoms with van der Waals surface area (Å²) >= 11 is 5.76. The fraction of sp³-hybridized carbons (Fsp3) is 0. The van der Waals surface area contributed by atoms with Crippen molar-refractivity contribution >= 4 is 29.2 Å². The van der Waals surface area contributed by atoms with Crippen molar-refractivity contribution in [2.75, 3.05) is 5.32 Å². The normalized spacial score (nSPS) is 10.1. The Morgan fingerprint density at radius 3 is 2.50 bits per heavy atom. The van der Waals surface area contributed by atoms with E-state index in [9.17, 15) is 14.0 Å². The van der Waals surface area contributed by atoms with E-state index in [1.165, 1.54) is 12.1 Å². The van der Waals surface area contributed by atoms with E-state index in [-0.39, 0.29) is 16.8 Å². The molecule has 1 amide bonds. The van der Waals surface area contributed by atoms with Gasteiger partial charge in [0.1, 0.15) is 5.82 Å². The molecule has 102 valence electrons. The zero-order valence-electron chi connectivity index (χ0n) is 10.1. The molecule has 0 spiro atoms. The Labute approximate surface area is 118 Å². The van der Waals surface area contributed by atoms with E-state index in [2.05, 4.69) is 5.32 Å². The van der Waals surface area contributed by atoms with Crippen LogP contribution in [0.5, 0.6) is 0 Å². The van der Waals surface area contributed by atoms with Crippen LogP contribution in [0, 0.1) is 5.82 Å². The first kappa shape index (κ1) is 14.0. The lowest BCUT2D eigenvalue weighted by Gasteiger charge is -2.07. The first-order valence-electron chi connectivity index (χ1n) is 5.57. The van der Waals surface area contributed by atoms with Crippen molar-refractivity contribution in [3.05, 3.63) is 64.4 Å². The van der Waals surface area contributed by atoms with Gasteiger partial charge in [0.25, 0.3) is 5.91 Å². The van der Waals surface area contributed by atoms with Crippen LogP contribution in [-0.2, 0) is 0 Å². The number of carboxylic acids is 1. The number of carbonyl (C=O) groups is 2. The average molecular weight is 294 g/mol. The molecule has 0 unspecified atom stereocenters. The molecule has 4 nitrogen and oxygen atoms in total. The van der Waals surface area contributed by atoms with Crippen LogP contribution in [0.25, 0.3) is 0 Å². The van der Waals surface area contributed by atoms with Crippen molar-refractivity contribution in [3.8, 4) is 0 Å². The molecule has 2 aromatic carbocycles. The van der Waals surface area contributed by atoms with Crippen molar-refractivity contribution in [1.29, 1.82) is 0 Å². The van der Waals surface area contributed by atoms with Crippen LogP contribution < -0.4 is 5.32 Å². The predicted molar refractivity (Wildman–Crippen MR) is 72.8 cm³/mol. The number of carbonyl (C=O) groups excluding carboxylic acids is 1. The Morgan fingerprint density at radius 1 is 1.10 bits per heavy atom. The standard InChI is InChI=1S/C14H9ClFNO3/c15-10-3-1-2-8(6-10)13(18)17-12-7-9(14(19)20)4-5-11(12)16/h1-7H,(H,17,18)(H,19,20). The van der Waals surface area contributed by atoms with Gasteiger partial charge in [-0.05, 0) is 36.4 Å². The number of benzene rings is 2. The number of hydrogen-bond donors (Lipinski definition) is 2. The third-order valence-corrected chi connectivity index (χ3v) is 2.78. The van der Waals surface area contributed by atoms with Gasteiger partial charge in [-0.3, -0.25) is 4.79 Å². The van der Waals surface area contributed by atoms with E-state index in [1.54, 1.807) is 12.1 Å². The molecular weight excluding hydrogens is 285 g/mol. The second kappa shape index (κ2) is 5.71. The minimum Gasteiger partial charge on any atom is -0.478 e. The fourth-order valence-electron chi connectivity index (χ4n) is 1.58. The molecule has 2 N–H and O–H groups in total. The summed E-state index contributed by atoms with van der Waals surface area (Å²) in [4.78, 5) is 22.7. The second-order valence-corrected chi connectivity index (χ2v) is 4.40. The maximum absolute atomic E-state index is 13.6. The van der Waals surface area contributed by atoms with Crippen LogP contribution >= 0.6 is 11.6 Å². The average Bonchev–Trinajstić information content (AvgIpc) is 2.41. The summed E-state index contributed by atoms with van der Waals surface area (Å²) in [5, 5.41) is 11.5. The molecule has 0 radical (unpaired) electrons. The molecule has 2 aromatic rings. The van der Waals surface area contributed by atoms with Gasteiger partial charge in [-0.1, -0.05) is 17.7 Å². The number of hydrogen-bond acceptors (Lipinski definition) is 2. The number of rotatable bonds is 3. The number of amides is 1. The topological polar surface area (TPSA) is 66.4 Å². The van der Waals surface area contributed by atoms with Gasteiger partial charge in [-0.2, -0.15) is 0 Å². The summed E-state index contributed by atoms with van der Waals surface area (Å²) < 4.78 is 13.6. The van der Waals surface area contributed by atoms with Gasteiger partial charge in [-0.15, -0.1) is 0 Å². The van der Waals surface area contributed by atoms with Gasteiger partial charge in [0.15, 0.2) is 0 Å². The molecule has 0 saturated carbocycles. The highest BCUT2D eigenvalue weighted by molar-refractivity contribution is 6.31. The molecule has 0 aliphatic rings. The first-order chi connectivity index (χ1) is 9.47. The fourth-order valence-corrected chi connectivity index (χ4v) is 1.77. The number of halogens is 2. The van der Waals surface area contributed by atoms with Gasteiger partial charge in [0.2, 0.25) is 0 Å². The summed E-state index contributed by atoms with van der Waals surface area (Å²) in [5.74, 6) is -2.50. The molecule has 0 fully saturated rings. The Balaban J connectivity index is 2.27. The summed E-state index contributed by atoms with van der Waals surface area (Å²) in [6.07, 6.45) is 0. The van der Waals surface area contributed by atoms with E-state index in [0.29, 0.717) is 5.02 Å². The largest absolute Gasteiger partial charge is 0.478 e. The van der Waals surface area contributed by atoms with Crippen molar-refractivity contribution in [3.63, 3.8) is 0 Å². The number of carboxylic acid groups (broad SMARTS) is 1. The van der Waals surface area contributed by atoms with Crippen LogP contribution in [0.1, 0.15) is 20.7 Å². The van der Waals surface area contributed by atoms with E-state index in [4.69, 9.17) is 16.7 Å². The Morgan fingerprint density at radius 2 is 1.85 bits per heavy atom. The lowest BCUT2D eigenvalue weighted by molar-refractivity contribution is 0.0696. The van der Waals surface area contributed by atoms with E-state index in [1.807, 2.05) is 0 Å². The molecule has 0 aliphatic heterocycles. The van der Waals surface area contributed by atoms with Crippen LogP contribution in [0.2, 0.25) is 5.02 Å². The maximum Gasteiger partial charge on any atom is 0.335 e. The lowest BCUT2D eigenvalue weighted by Crippen LogP contribution is -2.13. The molecule has 6 heteroatoms. The van der Waals surface area contributed by atoms with Gasteiger partial charge in [0.05, 0.1) is 11.3 Å². The monoisotopic (exact) mass is 293 g/mol. The van der Waals surface area contributed by atoms with Gasteiger partial charge in [0, 0.05) is 10.6 Å². The zero-order chi connectivity index (χ0) is 14.7. The first-order valence-corrected chi connectivity index (χ1v) is 5.95. The highest BCUT2D eigenvalue weighted by Gasteiger charge is 2.12. The summed E-state index contributed by atoms with van der Waals surface area (Å²) in [6.45, 7) is 0. The highest BCUT2D eigenvalue weighted by Crippen LogP contribution is 2.18. The van der Waals surface area contributed by atoms with Gasteiger partial charge >= 0.3 is 5.97 Å². The minimum atomic E-state index is -1.21. The number of aromatic carboxylic acids is 1. The lowest BCUT2D eigenvalue weighted by atomic mass is 10.1. The Kier molecular flexibility index (Phi) is 4.00. The SMILES string of the molecule is O=C(O)c1ccc(F)c(NC(=O)c2cccc(Cl)c2)c1. The Hall–Kier alpha value is -2.40. The van der Waals surface area contributed by atoms with Crippen LogP contribution in [-0.4, -0.2) is 17.0 Å². The van der Waals surface area contributed by atoms with E-state index in [0.717, 1.165) is 18.2 Å². The van der Waals surface area contributed by atoms with E-state index < -0.39 is 17.7 Å². The third-order valence-electron chi connectivity index (χ3n) is 2.55. The van der Waals surface area contributed by atoms with Crippen LogP contribution in [0.4, 0.5) is 10.1 Å². The predicted octanol–water partition coefficient (Wildman–Crippen LogP) is 3.43. The maximum atomic E-state index is 13.6. The van der Waals surface area contributed by atoms with Gasteiger partial charge < -0.3 is 10.4 Å². The van der Waals surface area contributed by atoms with Crippen LogP contribution in [0.3, 0.4) is 0 Å². The van der Waals surface area contributed by atoms with Gasteiger partial charge in [-0.25, -0.2) is 9.18 Å². The molecule has 0 bridgehead atoms. The Bertz CT molecular complexity index is 688. The van der Waals surface area contributed by atoms with Crippen LogP contribution in [0.15, 0.2) is 42.5 Å². The molecule has 0 atom stereocenters. The van der Waals surface area contributed by atoms with Crippen molar-refractivity contribution in [1.82, 2.24) is 0 Å². The number of anilines is 1.